The van der Waals surface area contributed by atoms with Crippen LogP contribution in [-0.2, 0) is 5.41 Å². The number of para-hydroxylation sites is 1. The molecule has 0 atom stereocenters. The Balaban J connectivity index is 1.71. The van der Waals surface area contributed by atoms with E-state index in [0.29, 0.717) is 21.8 Å². The van der Waals surface area contributed by atoms with Crippen molar-refractivity contribution in [3.05, 3.63) is 87.1 Å². The monoisotopic (exact) mass is 450 g/mol. The van der Waals surface area contributed by atoms with Gasteiger partial charge in [0.1, 0.15) is 17.8 Å². The van der Waals surface area contributed by atoms with E-state index < -0.39 is 16.9 Å². The number of hydrogen-bond donors (Lipinski definition) is 0. The summed E-state index contributed by atoms with van der Waals surface area (Å²) in [7, 11) is 0. The van der Waals surface area contributed by atoms with Gasteiger partial charge in [-0.05, 0) is 36.4 Å². The first-order valence-corrected chi connectivity index (χ1v) is 10.1. The van der Waals surface area contributed by atoms with Crippen LogP contribution in [0.4, 0.5) is 0 Å². The highest BCUT2D eigenvalue weighted by atomic mass is 35.5. The van der Waals surface area contributed by atoms with E-state index in [1.165, 1.54) is 17.1 Å². The topological polar surface area (TPSA) is 104 Å². The van der Waals surface area contributed by atoms with Crippen molar-refractivity contribution in [2.75, 3.05) is 0 Å². The molecule has 0 saturated carbocycles. The van der Waals surface area contributed by atoms with Crippen LogP contribution in [0, 0.1) is 0 Å². The molecule has 0 aliphatic carbocycles. The highest BCUT2D eigenvalue weighted by Crippen LogP contribution is 2.19. The third-order valence-corrected chi connectivity index (χ3v) is 4.78. The number of rotatable bonds is 4. The maximum atomic E-state index is 13.0. The third-order valence-electron chi connectivity index (χ3n) is 4.53. The van der Waals surface area contributed by atoms with Crippen LogP contribution in [0.5, 0.6) is 5.75 Å². The molecule has 2 aromatic heterocycles. The summed E-state index contributed by atoms with van der Waals surface area (Å²) in [6.45, 7) is 5.64. The Morgan fingerprint density at radius 2 is 1.84 bits per heavy atom. The zero-order valence-electron chi connectivity index (χ0n) is 17.6. The highest BCUT2D eigenvalue weighted by molar-refractivity contribution is 6.30. The number of fused-ring (bicyclic) bond motifs is 1. The van der Waals surface area contributed by atoms with Crippen molar-refractivity contribution < 1.29 is 9.53 Å². The van der Waals surface area contributed by atoms with Gasteiger partial charge in [0.15, 0.2) is 0 Å². The van der Waals surface area contributed by atoms with Crippen molar-refractivity contribution in [1.82, 2.24) is 24.5 Å². The summed E-state index contributed by atoms with van der Waals surface area (Å²) < 4.78 is 8.05. The minimum Gasteiger partial charge on any atom is -0.422 e. The molecule has 0 radical (unpaired) electrons. The second-order valence-corrected chi connectivity index (χ2v) is 8.41. The number of carbonyl (C=O) groups excluding carboxylic acids is 1. The molecule has 0 spiro atoms. The second kappa shape index (κ2) is 8.35. The van der Waals surface area contributed by atoms with Crippen molar-refractivity contribution in [3.8, 4) is 5.75 Å². The number of benzene rings is 2. The van der Waals surface area contributed by atoms with Gasteiger partial charge >= 0.3 is 5.97 Å². The van der Waals surface area contributed by atoms with Gasteiger partial charge in [0.25, 0.3) is 11.3 Å². The number of hydrogen-bond acceptors (Lipinski definition) is 7. The number of carbonyl (C=O) groups is 1. The van der Waals surface area contributed by atoms with Crippen LogP contribution in [0.1, 0.15) is 42.4 Å². The molecule has 0 amide bonds. The van der Waals surface area contributed by atoms with Gasteiger partial charge in [-0.15, -0.1) is 10.2 Å². The van der Waals surface area contributed by atoms with E-state index in [1.54, 1.807) is 48.5 Å². The minimum absolute atomic E-state index is 0.162. The number of halogens is 1. The first-order chi connectivity index (χ1) is 15.2. The summed E-state index contributed by atoms with van der Waals surface area (Å²) in [6, 6.07) is 13.2. The molecule has 0 unspecified atom stereocenters. The van der Waals surface area contributed by atoms with E-state index in [1.807, 2.05) is 20.8 Å². The van der Waals surface area contributed by atoms with Crippen LogP contribution in [0.15, 0.2) is 64.8 Å². The fourth-order valence-electron chi connectivity index (χ4n) is 2.90. The fraction of sp³-hybridized carbons (Fsp3) is 0.182. The number of esters is 1. The summed E-state index contributed by atoms with van der Waals surface area (Å²) in [5.41, 5.74) is 0.230. The lowest BCUT2D eigenvalue weighted by atomic mass is 9.93. The van der Waals surface area contributed by atoms with E-state index in [0.717, 1.165) is 4.68 Å². The van der Waals surface area contributed by atoms with Crippen molar-refractivity contribution in [1.29, 1.82) is 0 Å². The van der Waals surface area contributed by atoms with Crippen LogP contribution in [-0.4, -0.2) is 36.7 Å². The van der Waals surface area contributed by atoms with Gasteiger partial charge in [-0.3, -0.25) is 4.79 Å². The first kappa shape index (κ1) is 21.4. The van der Waals surface area contributed by atoms with E-state index in [-0.39, 0.29) is 11.5 Å². The standard InChI is InChI=1S/C22H19ClN6O3/c1-22(2,3)18-19(30)29(21-26-24-13-28(21)27-18)25-12-15-6-4-5-7-17(15)32-20(31)14-8-10-16(23)11-9-14/h4-13H,1-3H3. The second-order valence-electron chi connectivity index (χ2n) is 7.97. The van der Waals surface area contributed by atoms with Gasteiger partial charge in [0.2, 0.25) is 0 Å². The van der Waals surface area contributed by atoms with Gasteiger partial charge in [-0.2, -0.15) is 19.4 Å². The quantitative estimate of drug-likeness (QED) is 0.268. The van der Waals surface area contributed by atoms with Crippen LogP contribution < -0.4 is 10.3 Å². The van der Waals surface area contributed by atoms with Crippen LogP contribution >= 0.6 is 11.6 Å². The molecule has 162 valence electrons. The third kappa shape index (κ3) is 4.28. The molecule has 0 saturated heterocycles. The molecular formula is C22H19ClN6O3. The Morgan fingerprint density at radius 3 is 2.56 bits per heavy atom. The minimum atomic E-state index is -0.543. The maximum Gasteiger partial charge on any atom is 0.343 e. The van der Waals surface area contributed by atoms with Crippen LogP contribution in [0.3, 0.4) is 0 Å². The van der Waals surface area contributed by atoms with Crippen LogP contribution in [0.25, 0.3) is 5.78 Å². The largest absolute Gasteiger partial charge is 0.422 e. The van der Waals surface area contributed by atoms with Gasteiger partial charge in [0.05, 0.1) is 11.8 Å². The summed E-state index contributed by atoms with van der Waals surface area (Å²) in [6.07, 6.45) is 2.82. The lowest BCUT2D eigenvalue weighted by Crippen LogP contribution is -2.33. The SMILES string of the molecule is CC(C)(C)c1nn2cnnc2n(N=Cc2ccccc2OC(=O)c2ccc(Cl)cc2)c1=O. The van der Waals surface area contributed by atoms with Gasteiger partial charge in [-0.25, -0.2) is 4.79 Å². The Bertz CT molecular complexity index is 1380. The zero-order chi connectivity index (χ0) is 22.9. The Labute approximate surface area is 187 Å². The molecule has 0 N–H and O–H groups in total. The van der Waals surface area contributed by atoms with Crippen molar-refractivity contribution in [2.45, 2.75) is 26.2 Å². The van der Waals surface area contributed by atoms with Gasteiger partial charge in [-0.1, -0.05) is 44.5 Å². The van der Waals surface area contributed by atoms with E-state index in [4.69, 9.17) is 16.3 Å². The Hall–Kier alpha value is -3.85. The average molecular weight is 451 g/mol. The van der Waals surface area contributed by atoms with E-state index >= 15 is 0 Å². The summed E-state index contributed by atoms with van der Waals surface area (Å²) in [5, 5.41) is 16.9. The normalized spacial score (nSPS) is 11.9. The zero-order valence-corrected chi connectivity index (χ0v) is 18.3. The molecule has 4 rings (SSSR count). The molecule has 2 heterocycles. The van der Waals surface area contributed by atoms with Gasteiger partial charge < -0.3 is 4.74 Å². The molecule has 2 aromatic carbocycles. The molecule has 0 aliphatic heterocycles. The molecule has 9 nitrogen and oxygen atoms in total. The fourth-order valence-corrected chi connectivity index (χ4v) is 3.02. The van der Waals surface area contributed by atoms with Crippen LogP contribution in [0.2, 0.25) is 5.02 Å². The van der Waals surface area contributed by atoms with Crippen molar-refractivity contribution >= 4 is 29.6 Å². The smallest absolute Gasteiger partial charge is 0.343 e. The number of nitrogens with zero attached hydrogens (tertiary/aromatic N) is 6. The highest BCUT2D eigenvalue weighted by Gasteiger charge is 2.24. The molecular weight excluding hydrogens is 432 g/mol. The molecule has 0 fully saturated rings. The summed E-state index contributed by atoms with van der Waals surface area (Å²) in [4.78, 5) is 25.5. The van der Waals surface area contributed by atoms with Crippen molar-refractivity contribution in [2.24, 2.45) is 5.10 Å². The van der Waals surface area contributed by atoms with E-state index in [2.05, 4.69) is 20.4 Å². The predicted molar refractivity (Wildman–Crippen MR) is 120 cm³/mol. The lowest BCUT2D eigenvalue weighted by molar-refractivity contribution is 0.0734. The maximum absolute atomic E-state index is 13.0. The average Bonchev–Trinajstić information content (AvgIpc) is 3.22. The predicted octanol–water partition coefficient (Wildman–Crippen LogP) is 3.34. The first-order valence-electron chi connectivity index (χ1n) is 9.69. The van der Waals surface area contributed by atoms with E-state index in [9.17, 15) is 9.59 Å². The molecule has 0 bridgehead atoms. The number of ether oxygens (including phenoxy) is 1. The molecule has 0 aliphatic rings. The summed E-state index contributed by atoms with van der Waals surface area (Å²) >= 11 is 5.87. The Kier molecular flexibility index (Phi) is 5.58. The van der Waals surface area contributed by atoms with Crippen molar-refractivity contribution in [3.63, 3.8) is 0 Å². The Morgan fingerprint density at radius 1 is 1.12 bits per heavy atom. The summed E-state index contributed by atoms with van der Waals surface area (Å²) in [5.74, 6) is -0.0970. The number of aromatic nitrogens is 5. The molecule has 10 heteroatoms. The molecule has 32 heavy (non-hydrogen) atoms. The lowest BCUT2D eigenvalue weighted by Gasteiger charge is -2.16. The van der Waals surface area contributed by atoms with Gasteiger partial charge in [0, 0.05) is 16.0 Å². The molecule has 4 aromatic rings.